The minimum atomic E-state index is 0.373. The van der Waals surface area contributed by atoms with E-state index in [-0.39, 0.29) is 0 Å². The van der Waals surface area contributed by atoms with Gasteiger partial charge in [-0.05, 0) is 52.8 Å². The number of nitrogens with zero attached hydrogens (tertiary/aromatic N) is 1. The van der Waals surface area contributed by atoms with Gasteiger partial charge in [0.2, 0.25) is 0 Å². The number of thiazole rings is 1. The lowest BCUT2D eigenvalue weighted by Gasteiger charge is -2.16. The van der Waals surface area contributed by atoms with Crippen LogP contribution in [0.2, 0.25) is 0 Å². The predicted octanol–water partition coefficient (Wildman–Crippen LogP) is 4.56. The van der Waals surface area contributed by atoms with Crippen molar-refractivity contribution in [3.8, 4) is 0 Å². The zero-order valence-electron chi connectivity index (χ0n) is 10.6. The van der Waals surface area contributed by atoms with E-state index in [1.54, 1.807) is 22.7 Å². The van der Waals surface area contributed by atoms with Gasteiger partial charge in [-0.25, -0.2) is 4.98 Å². The Kier molecular flexibility index (Phi) is 5.36. The van der Waals surface area contributed by atoms with Crippen molar-refractivity contribution in [2.24, 2.45) is 0 Å². The maximum Gasteiger partial charge on any atom is 0.0947 e. The van der Waals surface area contributed by atoms with Crippen molar-refractivity contribution in [1.82, 2.24) is 10.3 Å². The van der Waals surface area contributed by atoms with Crippen LogP contribution in [0.4, 0.5) is 0 Å². The summed E-state index contributed by atoms with van der Waals surface area (Å²) in [5.74, 6) is 0. The third-order valence-corrected chi connectivity index (χ3v) is 5.19. The van der Waals surface area contributed by atoms with Crippen LogP contribution in [0.25, 0.3) is 0 Å². The van der Waals surface area contributed by atoms with Crippen molar-refractivity contribution in [2.45, 2.75) is 32.7 Å². The van der Waals surface area contributed by atoms with Crippen LogP contribution in [0.15, 0.2) is 20.6 Å². The molecule has 0 aliphatic heterocycles. The molecule has 0 aliphatic carbocycles. The number of hydrogen-bond acceptors (Lipinski definition) is 4. The first-order valence-corrected chi connectivity index (χ1v) is 8.62. The van der Waals surface area contributed by atoms with E-state index in [4.69, 9.17) is 0 Å². The standard InChI is InChI=1S/C13H17BrN2S2/c1-3-4-15-11(10-5-12(14)17-8-10)6-13-16-9(2)7-18-13/h5,7-8,11,15H,3-4,6H2,1-2H3. The average molecular weight is 345 g/mol. The van der Waals surface area contributed by atoms with Gasteiger partial charge in [-0.2, -0.15) is 0 Å². The molecule has 1 atom stereocenters. The van der Waals surface area contributed by atoms with E-state index in [0.29, 0.717) is 6.04 Å². The molecule has 2 aromatic heterocycles. The molecule has 1 unspecified atom stereocenters. The largest absolute Gasteiger partial charge is 0.310 e. The Morgan fingerprint density at radius 2 is 2.22 bits per heavy atom. The van der Waals surface area contributed by atoms with Gasteiger partial charge in [-0.15, -0.1) is 22.7 Å². The van der Waals surface area contributed by atoms with Gasteiger partial charge >= 0.3 is 0 Å². The van der Waals surface area contributed by atoms with Gasteiger partial charge in [0, 0.05) is 23.5 Å². The number of hydrogen-bond donors (Lipinski definition) is 1. The summed E-state index contributed by atoms with van der Waals surface area (Å²) in [5, 5.41) is 9.16. The van der Waals surface area contributed by atoms with Crippen molar-refractivity contribution in [3.05, 3.63) is 36.9 Å². The van der Waals surface area contributed by atoms with E-state index < -0.39 is 0 Å². The van der Waals surface area contributed by atoms with Crippen molar-refractivity contribution < 1.29 is 0 Å². The highest BCUT2D eigenvalue weighted by atomic mass is 79.9. The molecule has 18 heavy (non-hydrogen) atoms. The summed E-state index contributed by atoms with van der Waals surface area (Å²) in [7, 11) is 0. The number of rotatable bonds is 6. The number of aromatic nitrogens is 1. The van der Waals surface area contributed by atoms with Gasteiger partial charge in [-0.1, -0.05) is 6.92 Å². The second kappa shape index (κ2) is 6.80. The summed E-state index contributed by atoms with van der Waals surface area (Å²) >= 11 is 7.03. The number of thiophene rings is 1. The average Bonchev–Trinajstić information content (AvgIpc) is 2.93. The number of halogens is 1. The molecule has 2 rings (SSSR count). The number of nitrogens with one attached hydrogen (secondary N) is 1. The van der Waals surface area contributed by atoms with Crippen LogP contribution >= 0.6 is 38.6 Å². The van der Waals surface area contributed by atoms with Crippen LogP contribution < -0.4 is 5.32 Å². The van der Waals surface area contributed by atoms with E-state index in [2.05, 4.69) is 56.9 Å². The molecular formula is C13H17BrN2S2. The molecular weight excluding hydrogens is 328 g/mol. The molecule has 2 heterocycles. The van der Waals surface area contributed by atoms with Gasteiger partial charge in [0.1, 0.15) is 0 Å². The minimum absolute atomic E-state index is 0.373. The predicted molar refractivity (Wildman–Crippen MR) is 83.6 cm³/mol. The first-order valence-electron chi connectivity index (χ1n) is 6.07. The normalized spacial score (nSPS) is 12.8. The smallest absolute Gasteiger partial charge is 0.0947 e. The molecule has 0 saturated carbocycles. The van der Waals surface area contributed by atoms with E-state index in [9.17, 15) is 0 Å². The Morgan fingerprint density at radius 1 is 1.39 bits per heavy atom. The molecule has 0 spiro atoms. The fourth-order valence-electron chi connectivity index (χ4n) is 1.80. The fourth-order valence-corrected chi connectivity index (χ4v) is 3.85. The van der Waals surface area contributed by atoms with Crippen LogP contribution in [-0.4, -0.2) is 11.5 Å². The molecule has 0 amide bonds. The zero-order chi connectivity index (χ0) is 13.0. The molecule has 0 fully saturated rings. The third-order valence-electron chi connectivity index (χ3n) is 2.68. The second-order valence-corrected chi connectivity index (χ2v) is 7.51. The van der Waals surface area contributed by atoms with Crippen LogP contribution in [0, 0.1) is 6.92 Å². The fraction of sp³-hybridized carbons (Fsp3) is 0.462. The first-order chi connectivity index (χ1) is 8.69. The highest BCUT2D eigenvalue weighted by molar-refractivity contribution is 9.11. The van der Waals surface area contributed by atoms with Crippen molar-refractivity contribution in [3.63, 3.8) is 0 Å². The summed E-state index contributed by atoms with van der Waals surface area (Å²) in [6.45, 7) is 5.29. The van der Waals surface area contributed by atoms with E-state index in [1.807, 2.05) is 0 Å². The maximum atomic E-state index is 4.56. The molecule has 2 nitrogen and oxygen atoms in total. The molecule has 2 aromatic rings. The first kappa shape index (κ1) is 14.2. The Morgan fingerprint density at radius 3 is 2.78 bits per heavy atom. The summed E-state index contributed by atoms with van der Waals surface area (Å²) in [4.78, 5) is 4.56. The number of aryl methyl sites for hydroxylation is 1. The SMILES string of the molecule is CCCNC(Cc1nc(C)cs1)c1csc(Br)c1. The van der Waals surface area contributed by atoms with Crippen molar-refractivity contribution in [1.29, 1.82) is 0 Å². The lowest BCUT2D eigenvalue weighted by Crippen LogP contribution is -2.23. The lowest BCUT2D eigenvalue weighted by molar-refractivity contribution is 0.529. The van der Waals surface area contributed by atoms with Crippen LogP contribution in [0.1, 0.15) is 35.7 Å². The highest BCUT2D eigenvalue weighted by Crippen LogP contribution is 2.28. The minimum Gasteiger partial charge on any atom is -0.310 e. The molecule has 98 valence electrons. The molecule has 0 saturated heterocycles. The molecule has 5 heteroatoms. The van der Waals surface area contributed by atoms with E-state index in [1.165, 1.54) is 14.4 Å². The lowest BCUT2D eigenvalue weighted by atomic mass is 10.1. The van der Waals surface area contributed by atoms with Crippen LogP contribution in [-0.2, 0) is 6.42 Å². The summed E-state index contributed by atoms with van der Waals surface area (Å²) in [5.41, 5.74) is 2.48. The summed E-state index contributed by atoms with van der Waals surface area (Å²) in [6, 6.07) is 2.58. The van der Waals surface area contributed by atoms with Gasteiger partial charge in [-0.3, -0.25) is 0 Å². The molecule has 1 N–H and O–H groups in total. The van der Waals surface area contributed by atoms with Gasteiger partial charge in [0.15, 0.2) is 0 Å². The third kappa shape index (κ3) is 3.88. The quantitative estimate of drug-likeness (QED) is 0.830. The van der Waals surface area contributed by atoms with Gasteiger partial charge < -0.3 is 5.32 Å². The van der Waals surface area contributed by atoms with Crippen LogP contribution in [0.3, 0.4) is 0 Å². The van der Waals surface area contributed by atoms with Crippen molar-refractivity contribution >= 4 is 38.6 Å². The van der Waals surface area contributed by atoms with Gasteiger partial charge in [0.05, 0.1) is 8.79 Å². The molecule has 0 bridgehead atoms. The highest BCUT2D eigenvalue weighted by Gasteiger charge is 2.14. The van der Waals surface area contributed by atoms with Crippen LogP contribution in [0.5, 0.6) is 0 Å². The topological polar surface area (TPSA) is 24.9 Å². The second-order valence-electron chi connectivity index (χ2n) is 4.28. The Hall–Kier alpha value is -0.230. The summed E-state index contributed by atoms with van der Waals surface area (Å²) < 4.78 is 1.19. The Labute approximate surface area is 125 Å². The zero-order valence-corrected chi connectivity index (χ0v) is 13.8. The summed E-state index contributed by atoms with van der Waals surface area (Å²) in [6.07, 6.45) is 2.13. The Bertz CT molecular complexity index is 493. The van der Waals surface area contributed by atoms with Gasteiger partial charge in [0.25, 0.3) is 0 Å². The molecule has 0 aromatic carbocycles. The maximum absolute atomic E-state index is 4.56. The monoisotopic (exact) mass is 344 g/mol. The Balaban J connectivity index is 2.09. The van der Waals surface area contributed by atoms with E-state index >= 15 is 0 Å². The van der Waals surface area contributed by atoms with Crippen molar-refractivity contribution in [2.75, 3.05) is 6.54 Å². The molecule has 0 radical (unpaired) electrons. The van der Waals surface area contributed by atoms with E-state index in [0.717, 1.165) is 25.1 Å². The molecule has 0 aliphatic rings.